The predicted molar refractivity (Wildman–Crippen MR) is 150 cm³/mol. The summed E-state index contributed by atoms with van der Waals surface area (Å²) in [5.74, 6) is -3.92. The molecule has 1 aliphatic heterocycles. The van der Waals surface area contributed by atoms with E-state index in [1.54, 1.807) is 31.3 Å². The Balaban J connectivity index is 1.50. The second-order valence-corrected chi connectivity index (χ2v) is 10.0. The SMILES string of the molecule is COc1c(Nc2cncc(-c3cc4cc(C#N)ccc4[nH]3)n2)ccc(C(=O)N(C)C2CCN(C)C2)c1OC(=O)C(F)(F)F. The number of alkyl halides is 3. The van der Waals surface area contributed by atoms with E-state index in [0.717, 1.165) is 17.4 Å². The first kappa shape index (κ1) is 29.3. The van der Waals surface area contributed by atoms with E-state index in [2.05, 4.69) is 26.3 Å². The molecule has 11 nitrogen and oxygen atoms in total. The molecule has 222 valence electrons. The number of carbonyl (C=O) groups is 2. The molecule has 2 aromatic carbocycles. The largest absolute Gasteiger partial charge is 0.491 e. The van der Waals surface area contributed by atoms with Crippen molar-refractivity contribution >= 4 is 34.3 Å². The van der Waals surface area contributed by atoms with Gasteiger partial charge in [0, 0.05) is 30.5 Å². The Bertz CT molecular complexity index is 1750. The zero-order valence-corrected chi connectivity index (χ0v) is 23.3. The number of likely N-dealkylation sites (N-methyl/N-ethyl adjacent to an activating group) is 2. The number of benzene rings is 2. The molecule has 0 saturated carbocycles. The topological polar surface area (TPSA) is 136 Å². The fraction of sp³-hybridized carbons (Fsp3) is 0.276. The summed E-state index contributed by atoms with van der Waals surface area (Å²) in [6.45, 7) is 1.34. The molecule has 4 aromatic rings. The lowest BCUT2D eigenvalue weighted by molar-refractivity contribution is -0.189. The maximum absolute atomic E-state index is 13.5. The van der Waals surface area contributed by atoms with Gasteiger partial charge in [-0.25, -0.2) is 9.78 Å². The second-order valence-electron chi connectivity index (χ2n) is 10.0. The normalized spacial score (nSPS) is 15.2. The predicted octanol–water partition coefficient (Wildman–Crippen LogP) is 4.49. The first-order chi connectivity index (χ1) is 20.5. The summed E-state index contributed by atoms with van der Waals surface area (Å²) in [7, 11) is 4.63. The van der Waals surface area contributed by atoms with Crippen molar-refractivity contribution in [2.24, 2.45) is 0 Å². The maximum Gasteiger partial charge on any atom is 0.491 e. The van der Waals surface area contributed by atoms with E-state index in [4.69, 9.17) is 9.47 Å². The van der Waals surface area contributed by atoms with Gasteiger partial charge in [-0.05, 0) is 56.4 Å². The van der Waals surface area contributed by atoms with Gasteiger partial charge < -0.3 is 29.6 Å². The van der Waals surface area contributed by atoms with Crippen LogP contribution in [-0.2, 0) is 4.79 Å². The third kappa shape index (κ3) is 6.07. The van der Waals surface area contributed by atoms with Crippen molar-refractivity contribution in [3.8, 4) is 29.0 Å². The number of hydrogen-bond acceptors (Lipinski definition) is 9. The second kappa shape index (κ2) is 11.6. The lowest BCUT2D eigenvalue weighted by Gasteiger charge is -2.26. The molecule has 0 aliphatic carbocycles. The number of likely N-dealkylation sites (tertiary alicyclic amines) is 1. The number of halogens is 3. The van der Waals surface area contributed by atoms with E-state index in [9.17, 15) is 28.0 Å². The number of rotatable bonds is 7. The number of aromatic amines is 1. The average Bonchev–Trinajstić information content (AvgIpc) is 3.62. The lowest BCUT2D eigenvalue weighted by atomic mass is 10.1. The molecule has 1 saturated heterocycles. The number of ether oxygens (including phenoxy) is 2. The van der Waals surface area contributed by atoms with Crippen LogP contribution in [0.4, 0.5) is 24.7 Å². The van der Waals surface area contributed by atoms with E-state index < -0.39 is 23.8 Å². The molecular formula is C29H26F3N7O4. The monoisotopic (exact) mass is 593 g/mol. The first-order valence-electron chi connectivity index (χ1n) is 13.1. The van der Waals surface area contributed by atoms with Crippen LogP contribution >= 0.6 is 0 Å². The fourth-order valence-corrected chi connectivity index (χ4v) is 4.90. The van der Waals surface area contributed by atoms with E-state index in [1.807, 2.05) is 11.9 Å². The van der Waals surface area contributed by atoms with Gasteiger partial charge in [-0.3, -0.25) is 9.78 Å². The molecule has 2 N–H and O–H groups in total. The minimum absolute atomic E-state index is 0.0778. The summed E-state index contributed by atoms with van der Waals surface area (Å²) in [4.78, 5) is 40.8. The Morgan fingerprint density at radius 1 is 1.19 bits per heavy atom. The number of hydrogen-bond donors (Lipinski definition) is 2. The number of fused-ring (bicyclic) bond motifs is 1. The molecule has 1 atom stereocenters. The summed E-state index contributed by atoms with van der Waals surface area (Å²) < 4.78 is 49.9. The van der Waals surface area contributed by atoms with Crippen molar-refractivity contribution in [1.29, 1.82) is 5.26 Å². The molecule has 1 unspecified atom stereocenters. The fourth-order valence-electron chi connectivity index (χ4n) is 4.90. The maximum atomic E-state index is 13.5. The summed E-state index contributed by atoms with van der Waals surface area (Å²) >= 11 is 0. The molecule has 5 rings (SSSR count). The Kier molecular flexibility index (Phi) is 7.92. The number of anilines is 2. The highest BCUT2D eigenvalue weighted by Gasteiger charge is 2.43. The Hall–Kier alpha value is -5.16. The zero-order chi connectivity index (χ0) is 30.9. The summed E-state index contributed by atoms with van der Waals surface area (Å²) in [5.41, 5.74) is 2.12. The molecule has 1 amide bonds. The molecule has 14 heteroatoms. The number of esters is 1. The van der Waals surface area contributed by atoms with Gasteiger partial charge in [0.1, 0.15) is 11.5 Å². The number of amides is 1. The number of nitriles is 1. The quantitative estimate of drug-likeness (QED) is 0.235. The van der Waals surface area contributed by atoms with E-state index in [0.29, 0.717) is 29.9 Å². The highest BCUT2D eigenvalue weighted by Crippen LogP contribution is 2.41. The van der Waals surface area contributed by atoms with Gasteiger partial charge in [-0.2, -0.15) is 18.4 Å². The standard InChI is InChI=1S/C29H26F3N7O4/c1-38-9-8-18(15-38)39(2)27(40)19-5-7-21(26(42-3)25(19)43-28(41)29(30,31)32)36-24-14-34-13-23(37-24)22-11-17-10-16(12-33)4-6-20(17)35-22/h4-7,10-11,13-14,18,35H,8-9,15H2,1-3H3,(H,36,37). The van der Waals surface area contributed by atoms with Crippen LogP contribution in [0, 0.1) is 11.3 Å². The van der Waals surface area contributed by atoms with E-state index in [-0.39, 0.29) is 28.9 Å². The minimum Gasteiger partial charge on any atom is -0.491 e. The number of H-pyrrole nitrogens is 1. The molecule has 0 spiro atoms. The van der Waals surface area contributed by atoms with Crippen molar-refractivity contribution in [1.82, 2.24) is 24.8 Å². The van der Waals surface area contributed by atoms with Crippen LogP contribution in [0.25, 0.3) is 22.3 Å². The average molecular weight is 594 g/mol. The Labute approximate surface area is 243 Å². The van der Waals surface area contributed by atoms with Gasteiger partial charge in [0.15, 0.2) is 11.5 Å². The lowest BCUT2D eigenvalue weighted by Crippen LogP contribution is -2.39. The van der Waals surface area contributed by atoms with Gasteiger partial charge in [0.25, 0.3) is 5.91 Å². The number of nitrogens with zero attached hydrogens (tertiary/aromatic N) is 5. The highest BCUT2D eigenvalue weighted by atomic mass is 19.4. The smallest absolute Gasteiger partial charge is 0.491 e. The zero-order valence-electron chi connectivity index (χ0n) is 23.3. The molecule has 0 bridgehead atoms. The van der Waals surface area contributed by atoms with Gasteiger partial charge in [0.05, 0.1) is 48.1 Å². The molecule has 3 heterocycles. The molecule has 2 aromatic heterocycles. The van der Waals surface area contributed by atoms with Crippen molar-refractivity contribution < 1.29 is 32.2 Å². The van der Waals surface area contributed by atoms with E-state index in [1.165, 1.54) is 36.5 Å². The van der Waals surface area contributed by atoms with Crippen LogP contribution in [0.2, 0.25) is 0 Å². The number of aromatic nitrogens is 3. The first-order valence-corrected chi connectivity index (χ1v) is 13.1. The van der Waals surface area contributed by atoms with Crippen LogP contribution < -0.4 is 14.8 Å². The van der Waals surface area contributed by atoms with Gasteiger partial charge in [-0.15, -0.1) is 0 Å². The van der Waals surface area contributed by atoms with Gasteiger partial charge in [0.2, 0.25) is 0 Å². The van der Waals surface area contributed by atoms with Crippen LogP contribution in [0.1, 0.15) is 22.3 Å². The molecule has 0 radical (unpaired) electrons. The summed E-state index contributed by atoms with van der Waals surface area (Å²) in [6.07, 6.45) is -1.75. The molecule has 43 heavy (non-hydrogen) atoms. The minimum atomic E-state index is -5.32. The van der Waals surface area contributed by atoms with Crippen molar-refractivity contribution in [3.63, 3.8) is 0 Å². The van der Waals surface area contributed by atoms with Crippen molar-refractivity contribution in [2.45, 2.75) is 18.6 Å². The highest BCUT2D eigenvalue weighted by molar-refractivity contribution is 6.00. The number of methoxy groups -OCH3 is 1. The van der Waals surface area contributed by atoms with Crippen LogP contribution in [0.3, 0.4) is 0 Å². The Morgan fingerprint density at radius 3 is 2.65 bits per heavy atom. The van der Waals surface area contributed by atoms with Crippen LogP contribution in [0.15, 0.2) is 48.8 Å². The van der Waals surface area contributed by atoms with Gasteiger partial charge >= 0.3 is 12.1 Å². The summed E-state index contributed by atoms with van der Waals surface area (Å²) in [5, 5.41) is 12.9. The van der Waals surface area contributed by atoms with Crippen molar-refractivity contribution in [2.75, 3.05) is 39.6 Å². The number of nitrogens with one attached hydrogen (secondary N) is 2. The van der Waals surface area contributed by atoms with Crippen molar-refractivity contribution in [3.05, 3.63) is 59.9 Å². The molecule has 1 fully saturated rings. The Morgan fingerprint density at radius 2 is 1.98 bits per heavy atom. The van der Waals surface area contributed by atoms with Crippen LogP contribution in [-0.4, -0.2) is 83.1 Å². The third-order valence-corrected chi connectivity index (χ3v) is 7.13. The third-order valence-electron chi connectivity index (χ3n) is 7.13. The molecular weight excluding hydrogens is 567 g/mol. The van der Waals surface area contributed by atoms with Crippen LogP contribution in [0.5, 0.6) is 11.5 Å². The molecule has 1 aliphatic rings. The van der Waals surface area contributed by atoms with Gasteiger partial charge in [-0.1, -0.05) is 0 Å². The number of carbonyl (C=O) groups excluding carboxylic acids is 2. The summed E-state index contributed by atoms with van der Waals surface area (Å²) in [6, 6.07) is 11.6. The van der Waals surface area contributed by atoms with E-state index >= 15 is 0 Å².